The number of carbonyl (C=O) groups is 1. The zero-order valence-corrected chi connectivity index (χ0v) is 15.4. The monoisotopic (exact) mass is 335 g/mol. The Morgan fingerprint density at radius 3 is 2.04 bits per heavy atom. The highest BCUT2D eigenvalue weighted by molar-refractivity contribution is 7.67. The van der Waals surface area contributed by atoms with Crippen molar-refractivity contribution in [3.63, 3.8) is 0 Å². The van der Waals surface area contributed by atoms with Gasteiger partial charge in [-0.25, -0.2) is 0 Å². The summed E-state index contributed by atoms with van der Waals surface area (Å²) in [5.74, 6) is 0.0576. The molecule has 117 valence electrons. The fourth-order valence-corrected chi connectivity index (χ4v) is 2.31. The van der Waals surface area contributed by atoms with Crippen LogP contribution in [0.1, 0.15) is 16.8 Å². The minimum atomic E-state index is 0.0576. The summed E-state index contributed by atoms with van der Waals surface area (Å²) in [7, 11) is 18.2. The molecule has 0 aliphatic carbocycles. The lowest BCUT2D eigenvalue weighted by Crippen LogP contribution is -2.33. The van der Waals surface area contributed by atoms with Crippen molar-refractivity contribution in [2.45, 2.75) is 12.7 Å². The molecule has 0 amide bonds. The van der Waals surface area contributed by atoms with Crippen LogP contribution in [0.2, 0.25) is 6.32 Å². The zero-order chi connectivity index (χ0) is 19.0. The Balaban J connectivity index is 1.36. The van der Waals surface area contributed by atoms with Crippen molar-refractivity contribution in [1.29, 1.82) is 0 Å². The van der Waals surface area contributed by atoms with Crippen molar-refractivity contribution in [3.8, 4) is 0 Å². The summed E-state index contributed by atoms with van der Waals surface area (Å²) < 4.78 is 0. The molecule has 0 spiro atoms. The first-order valence-corrected chi connectivity index (χ1v) is 9.17. The van der Waals surface area contributed by atoms with Crippen molar-refractivity contribution < 1.29 is 4.79 Å². The first kappa shape index (κ1) is 21.7. The van der Waals surface area contributed by atoms with E-state index in [9.17, 15) is 4.79 Å². The van der Waals surface area contributed by atoms with E-state index in [4.69, 9.17) is 0 Å². The lowest BCUT2D eigenvalue weighted by atomic mass is 8.89. The van der Waals surface area contributed by atoms with Gasteiger partial charge in [-0.15, -0.1) is 0 Å². The molecule has 0 unspecified atom stereocenters. The predicted molar refractivity (Wildman–Crippen MR) is 127 cm³/mol. The SMILES string of the molecule is O=C(C=CCC[B][B][B][B][B][B][B][B][B]c1ccccc1)c1ccccc1. The summed E-state index contributed by atoms with van der Waals surface area (Å²) in [6.07, 6.45) is 5.35. The van der Waals surface area contributed by atoms with E-state index in [1.165, 1.54) is 5.46 Å². The highest BCUT2D eigenvalue weighted by Crippen LogP contribution is 2.01. The van der Waals surface area contributed by atoms with E-state index in [0.717, 1.165) is 18.3 Å². The topological polar surface area (TPSA) is 17.1 Å². The molecular weight excluding hydrogens is 317 g/mol. The van der Waals surface area contributed by atoms with Crippen LogP contribution in [-0.2, 0) is 0 Å². The molecule has 0 atom stereocenters. The van der Waals surface area contributed by atoms with Gasteiger partial charge < -0.3 is 0 Å². The van der Waals surface area contributed by atoms with Crippen molar-refractivity contribution in [2.24, 2.45) is 0 Å². The van der Waals surface area contributed by atoms with Crippen LogP contribution in [0.4, 0.5) is 0 Å². The van der Waals surface area contributed by atoms with Gasteiger partial charge in [0.2, 0.25) is 0 Å². The maximum absolute atomic E-state index is 11.9. The van der Waals surface area contributed by atoms with E-state index in [0.29, 0.717) is 0 Å². The smallest absolute Gasteiger partial charge is 0.185 e. The number of carbonyl (C=O) groups excluding carboxylic acids is 1. The van der Waals surface area contributed by atoms with E-state index < -0.39 is 0 Å². The number of hydrogen-bond acceptors (Lipinski definition) is 1. The first-order chi connectivity index (χ1) is 13.4. The quantitative estimate of drug-likeness (QED) is 0.209. The summed E-state index contributed by atoms with van der Waals surface area (Å²) in [4.78, 5) is 11.9. The molecule has 0 bridgehead atoms. The van der Waals surface area contributed by atoms with Crippen LogP contribution in [0.5, 0.6) is 0 Å². The molecule has 0 N–H and O–H groups in total. The summed E-state index contributed by atoms with van der Waals surface area (Å²) in [6.45, 7) is 0. The summed E-state index contributed by atoms with van der Waals surface area (Å²) >= 11 is 0. The molecule has 0 saturated carbocycles. The molecule has 9 radical (unpaired) electrons. The van der Waals surface area contributed by atoms with Gasteiger partial charge >= 0.3 is 0 Å². The third kappa shape index (κ3) is 10.4. The van der Waals surface area contributed by atoms with Crippen molar-refractivity contribution in [1.82, 2.24) is 0 Å². The number of ketones is 1. The lowest BCUT2D eigenvalue weighted by Gasteiger charge is -1.98. The van der Waals surface area contributed by atoms with E-state index >= 15 is 0 Å². The van der Waals surface area contributed by atoms with Crippen LogP contribution >= 0.6 is 0 Å². The van der Waals surface area contributed by atoms with Crippen LogP contribution in [0.15, 0.2) is 72.8 Å². The maximum atomic E-state index is 11.9. The molecule has 10 heteroatoms. The van der Waals surface area contributed by atoms with Gasteiger partial charge in [0.15, 0.2) is 5.78 Å². The summed E-state index contributed by atoms with van der Waals surface area (Å²) in [6, 6.07) is 19.6. The molecule has 27 heavy (non-hydrogen) atoms. The molecule has 2 aromatic carbocycles. The molecule has 0 aromatic heterocycles. The molecule has 0 aliphatic heterocycles. The van der Waals surface area contributed by atoms with Crippen molar-refractivity contribution >= 4 is 75.0 Å². The molecule has 0 heterocycles. The van der Waals surface area contributed by atoms with Gasteiger partial charge in [-0.2, -0.15) is 0 Å². The second-order valence-corrected chi connectivity index (χ2v) is 5.87. The normalized spacial score (nSPS) is 9.78. The van der Waals surface area contributed by atoms with Crippen LogP contribution in [0, 0.1) is 0 Å². The summed E-state index contributed by atoms with van der Waals surface area (Å²) in [5.41, 5.74) is 1.93. The van der Waals surface area contributed by atoms with Crippen LogP contribution in [-0.4, -0.2) is 69.6 Å². The Kier molecular flexibility index (Phi) is 11.7. The fourth-order valence-electron chi connectivity index (χ4n) is 2.31. The highest BCUT2D eigenvalue weighted by Gasteiger charge is 2.00. The second kappa shape index (κ2) is 14.5. The zero-order valence-electron chi connectivity index (χ0n) is 15.4. The lowest BCUT2D eigenvalue weighted by molar-refractivity contribution is 0.104. The Bertz CT molecular complexity index is 667. The summed E-state index contributed by atoms with van der Waals surface area (Å²) in [5, 5.41) is 0. The van der Waals surface area contributed by atoms with E-state index in [1.54, 1.807) is 6.08 Å². The van der Waals surface area contributed by atoms with Crippen molar-refractivity contribution in [3.05, 3.63) is 78.4 Å². The maximum Gasteiger partial charge on any atom is 0.185 e. The van der Waals surface area contributed by atoms with Gasteiger partial charge in [0.1, 0.15) is 0 Å². The Morgan fingerprint density at radius 2 is 1.33 bits per heavy atom. The second-order valence-electron chi connectivity index (χ2n) is 5.87. The van der Waals surface area contributed by atoms with Gasteiger partial charge in [-0.05, 0) is 12.5 Å². The molecular formula is C17H16B9O. The van der Waals surface area contributed by atoms with Gasteiger partial charge in [-0.1, -0.05) is 78.5 Å². The van der Waals surface area contributed by atoms with Gasteiger partial charge in [0.05, 0.1) is 14.3 Å². The molecule has 1 nitrogen and oxygen atoms in total. The molecule has 0 aliphatic rings. The Labute approximate surface area is 171 Å². The fraction of sp³-hybridized carbons (Fsp3) is 0.118. The van der Waals surface area contributed by atoms with E-state index in [1.807, 2.05) is 104 Å². The third-order valence-electron chi connectivity index (χ3n) is 3.72. The Hall–Kier alpha value is -1.57. The van der Waals surface area contributed by atoms with E-state index in [2.05, 4.69) is 26.5 Å². The predicted octanol–water partition coefficient (Wildman–Crippen LogP) is 0.217. The standard InChI is InChI=1S/C17H16B9O/c27-17(15-9-3-1-4-10-15)13-7-8-14-18-20-22-24-26-25-23-21-19-16-11-5-2-6-12-16/h1-7,9-13H,8,14H2. The Morgan fingerprint density at radius 1 is 0.741 bits per heavy atom. The number of allylic oxidation sites excluding steroid dienone is 2. The van der Waals surface area contributed by atoms with Crippen molar-refractivity contribution in [2.75, 3.05) is 0 Å². The van der Waals surface area contributed by atoms with E-state index in [-0.39, 0.29) is 5.78 Å². The van der Waals surface area contributed by atoms with Crippen LogP contribution in [0.25, 0.3) is 0 Å². The van der Waals surface area contributed by atoms with Gasteiger partial charge in [0.25, 0.3) is 0 Å². The first-order valence-electron chi connectivity index (χ1n) is 9.17. The highest BCUT2D eigenvalue weighted by atomic mass is 16.1. The molecule has 2 aromatic rings. The molecule has 0 saturated heterocycles. The minimum absolute atomic E-state index is 0.0576. The van der Waals surface area contributed by atoms with Crippen LogP contribution < -0.4 is 5.46 Å². The molecule has 0 fully saturated rings. The van der Waals surface area contributed by atoms with Crippen LogP contribution in [0.3, 0.4) is 0 Å². The minimum Gasteiger partial charge on any atom is -0.289 e. The van der Waals surface area contributed by atoms with Gasteiger partial charge in [0, 0.05) is 55.0 Å². The number of rotatable bonds is 14. The number of benzene rings is 2. The van der Waals surface area contributed by atoms with Gasteiger partial charge in [-0.3, -0.25) is 4.79 Å². The third-order valence-corrected chi connectivity index (χ3v) is 3.72. The average molecular weight is 334 g/mol. The number of hydrogen-bond donors (Lipinski definition) is 0. The largest absolute Gasteiger partial charge is 0.289 e. The molecule has 2 rings (SSSR count). The average Bonchev–Trinajstić information content (AvgIpc) is 2.72.